The van der Waals surface area contributed by atoms with Crippen molar-refractivity contribution in [2.24, 2.45) is 0 Å². The number of carbonyl (C=O) groups excluding carboxylic acids is 2. The van der Waals surface area contributed by atoms with Gasteiger partial charge >= 0.3 is 0 Å². The molecule has 21 heavy (non-hydrogen) atoms. The van der Waals surface area contributed by atoms with E-state index < -0.39 is 0 Å². The van der Waals surface area contributed by atoms with E-state index in [4.69, 9.17) is 0 Å². The predicted molar refractivity (Wildman–Crippen MR) is 82.3 cm³/mol. The number of benzene rings is 1. The molecule has 108 valence electrons. The van der Waals surface area contributed by atoms with Crippen LogP contribution in [0.5, 0.6) is 0 Å². The smallest absolute Gasteiger partial charge is 0.225 e. The van der Waals surface area contributed by atoms with Gasteiger partial charge in [0, 0.05) is 18.2 Å². The molecule has 4 nitrogen and oxygen atoms in total. The van der Waals surface area contributed by atoms with Gasteiger partial charge in [0.2, 0.25) is 5.91 Å². The SMILES string of the molecule is CCCCC(=O)Nc1ncccc1C(=O)c1ccccc1. The van der Waals surface area contributed by atoms with Crippen LogP contribution in [-0.4, -0.2) is 16.7 Å². The van der Waals surface area contributed by atoms with E-state index in [-0.39, 0.29) is 11.7 Å². The van der Waals surface area contributed by atoms with E-state index in [0.29, 0.717) is 23.4 Å². The van der Waals surface area contributed by atoms with Crippen LogP contribution in [-0.2, 0) is 4.79 Å². The number of nitrogens with one attached hydrogen (secondary N) is 1. The molecule has 1 heterocycles. The molecule has 0 unspecified atom stereocenters. The fourth-order valence-electron chi connectivity index (χ4n) is 1.97. The maximum absolute atomic E-state index is 12.5. The van der Waals surface area contributed by atoms with Crippen molar-refractivity contribution in [3.8, 4) is 0 Å². The van der Waals surface area contributed by atoms with Crippen molar-refractivity contribution in [3.63, 3.8) is 0 Å². The van der Waals surface area contributed by atoms with Crippen LogP contribution in [0.25, 0.3) is 0 Å². The van der Waals surface area contributed by atoms with E-state index in [9.17, 15) is 9.59 Å². The first kappa shape index (κ1) is 14.9. The number of hydrogen-bond acceptors (Lipinski definition) is 3. The molecule has 1 amide bonds. The van der Waals surface area contributed by atoms with E-state index in [2.05, 4.69) is 10.3 Å². The van der Waals surface area contributed by atoms with E-state index in [1.54, 1.807) is 30.5 Å². The Balaban J connectivity index is 2.21. The summed E-state index contributed by atoms with van der Waals surface area (Å²) in [5, 5.41) is 2.73. The lowest BCUT2D eigenvalue weighted by molar-refractivity contribution is -0.116. The fraction of sp³-hybridized carbons (Fsp3) is 0.235. The number of aromatic nitrogens is 1. The molecule has 2 aromatic rings. The van der Waals surface area contributed by atoms with Gasteiger partial charge in [-0.1, -0.05) is 43.7 Å². The lowest BCUT2D eigenvalue weighted by Crippen LogP contribution is -2.16. The van der Waals surface area contributed by atoms with Crippen LogP contribution < -0.4 is 5.32 Å². The van der Waals surface area contributed by atoms with Crippen molar-refractivity contribution in [1.29, 1.82) is 0 Å². The summed E-state index contributed by atoms with van der Waals surface area (Å²) in [6, 6.07) is 12.3. The first-order valence-electron chi connectivity index (χ1n) is 7.07. The number of amides is 1. The molecule has 0 aliphatic heterocycles. The molecule has 0 radical (unpaired) electrons. The molecule has 1 aromatic heterocycles. The molecule has 1 N–H and O–H groups in total. The molecular weight excluding hydrogens is 264 g/mol. The van der Waals surface area contributed by atoms with Gasteiger partial charge in [0.25, 0.3) is 0 Å². The van der Waals surface area contributed by atoms with Crippen LogP contribution in [0.4, 0.5) is 5.82 Å². The highest BCUT2D eigenvalue weighted by Gasteiger charge is 2.15. The summed E-state index contributed by atoms with van der Waals surface area (Å²) in [6.45, 7) is 2.03. The average molecular weight is 282 g/mol. The number of carbonyl (C=O) groups is 2. The summed E-state index contributed by atoms with van der Waals surface area (Å²) in [7, 11) is 0. The Kier molecular flexibility index (Phi) is 5.21. The number of ketones is 1. The van der Waals surface area contributed by atoms with Gasteiger partial charge in [0.05, 0.1) is 5.56 Å². The average Bonchev–Trinajstić information content (AvgIpc) is 2.53. The third kappa shape index (κ3) is 3.99. The molecule has 0 bridgehead atoms. The van der Waals surface area contributed by atoms with E-state index in [0.717, 1.165) is 12.8 Å². The second-order valence-electron chi connectivity index (χ2n) is 4.75. The molecule has 1 aromatic carbocycles. The van der Waals surface area contributed by atoms with Gasteiger partial charge in [-0.05, 0) is 18.6 Å². The van der Waals surface area contributed by atoms with Gasteiger partial charge in [-0.3, -0.25) is 9.59 Å². The van der Waals surface area contributed by atoms with Crippen molar-refractivity contribution in [2.75, 3.05) is 5.32 Å². The molecule has 0 saturated heterocycles. The Bertz CT molecular complexity index is 624. The van der Waals surface area contributed by atoms with Crippen molar-refractivity contribution < 1.29 is 9.59 Å². The number of unbranched alkanes of at least 4 members (excludes halogenated alkanes) is 1. The first-order valence-corrected chi connectivity index (χ1v) is 7.07. The molecule has 0 saturated carbocycles. The summed E-state index contributed by atoms with van der Waals surface area (Å²) in [6.07, 6.45) is 3.77. The van der Waals surface area contributed by atoms with Gasteiger partial charge in [0.1, 0.15) is 5.82 Å². The summed E-state index contributed by atoms with van der Waals surface area (Å²) in [5.74, 6) is 0.0691. The minimum Gasteiger partial charge on any atom is -0.310 e. The number of hydrogen-bond donors (Lipinski definition) is 1. The first-order chi connectivity index (χ1) is 10.2. The van der Waals surface area contributed by atoms with Crippen LogP contribution in [0, 0.1) is 0 Å². The lowest BCUT2D eigenvalue weighted by atomic mass is 10.0. The molecular formula is C17H18N2O2. The number of pyridine rings is 1. The zero-order valence-electron chi connectivity index (χ0n) is 12.0. The Labute approximate surface area is 124 Å². The van der Waals surface area contributed by atoms with Crippen LogP contribution >= 0.6 is 0 Å². The Morgan fingerprint density at radius 3 is 2.57 bits per heavy atom. The number of anilines is 1. The zero-order valence-corrected chi connectivity index (χ0v) is 12.0. The molecule has 4 heteroatoms. The molecule has 0 aliphatic carbocycles. The Morgan fingerprint density at radius 1 is 1.10 bits per heavy atom. The third-order valence-electron chi connectivity index (χ3n) is 3.10. The van der Waals surface area contributed by atoms with Crippen LogP contribution in [0.3, 0.4) is 0 Å². The van der Waals surface area contributed by atoms with Crippen LogP contribution in [0.1, 0.15) is 42.1 Å². The molecule has 2 rings (SSSR count). The predicted octanol–water partition coefficient (Wildman–Crippen LogP) is 3.44. The van der Waals surface area contributed by atoms with Crippen molar-refractivity contribution in [3.05, 3.63) is 59.8 Å². The molecule has 0 spiro atoms. The van der Waals surface area contributed by atoms with E-state index in [1.165, 1.54) is 0 Å². The lowest BCUT2D eigenvalue weighted by Gasteiger charge is -2.09. The van der Waals surface area contributed by atoms with E-state index >= 15 is 0 Å². The van der Waals surface area contributed by atoms with Crippen molar-refractivity contribution in [1.82, 2.24) is 4.98 Å². The van der Waals surface area contributed by atoms with Crippen LogP contribution in [0.2, 0.25) is 0 Å². The number of nitrogens with zero attached hydrogens (tertiary/aromatic N) is 1. The van der Waals surface area contributed by atoms with Gasteiger partial charge in [-0.15, -0.1) is 0 Å². The largest absolute Gasteiger partial charge is 0.310 e. The summed E-state index contributed by atoms with van der Waals surface area (Å²) in [4.78, 5) is 28.4. The quantitative estimate of drug-likeness (QED) is 0.826. The monoisotopic (exact) mass is 282 g/mol. The van der Waals surface area contributed by atoms with Crippen LogP contribution in [0.15, 0.2) is 48.7 Å². The van der Waals surface area contributed by atoms with Gasteiger partial charge in [-0.2, -0.15) is 0 Å². The summed E-state index contributed by atoms with van der Waals surface area (Å²) in [5.41, 5.74) is 0.989. The zero-order chi connectivity index (χ0) is 15.1. The van der Waals surface area contributed by atoms with Gasteiger partial charge < -0.3 is 5.32 Å². The fourth-order valence-corrected chi connectivity index (χ4v) is 1.97. The second kappa shape index (κ2) is 7.33. The molecule has 0 atom stereocenters. The van der Waals surface area contributed by atoms with Gasteiger partial charge in [0.15, 0.2) is 5.78 Å². The summed E-state index contributed by atoms with van der Waals surface area (Å²) < 4.78 is 0. The minimum atomic E-state index is -0.144. The van der Waals surface area contributed by atoms with Crippen molar-refractivity contribution >= 4 is 17.5 Å². The normalized spacial score (nSPS) is 10.1. The van der Waals surface area contributed by atoms with E-state index in [1.807, 2.05) is 25.1 Å². The molecule has 0 aliphatic rings. The minimum absolute atomic E-state index is 0.113. The van der Waals surface area contributed by atoms with Gasteiger partial charge in [-0.25, -0.2) is 4.98 Å². The maximum atomic E-state index is 12.5. The Morgan fingerprint density at radius 2 is 1.86 bits per heavy atom. The standard InChI is InChI=1S/C17H18N2O2/c1-2-3-11-15(20)19-17-14(10-7-12-18-17)16(21)13-8-5-4-6-9-13/h4-10,12H,2-3,11H2,1H3,(H,18,19,20). The highest BCUT2D eigenvalue weighted by Crippen LogP contribution is 2.17. The summed E-state index contributed by atoms with van der Waals surface area (Å²) >= 11 is 0. The molecule has 0 fully saturated rings. The third-order valence-corrected chi connectivity index (χ3v) is 3.10. The maximum Gasteiger partial charge on any atom is 0.225 e. The second-order valence-corrected chi connectivity index (χ2v) is 4.75. The topological polar surface area (TPSA) is 59.1 Å². The Hall–Kier alpha value is -2.49. The highest BCUT2D eigenvalue weighted by atomic mass is 16.1. The highest BCUT2D eigenvalue weighted by molar-refractivity contribution is 6.13. The van der Waals surface area contributed by atoms with Crippen molar-refractivity contribution in [2.45, 2.75) is 26.2 Å². The number of rotatable bonds is 6.